The van der Waals surface area contributed by atoms with Crippen molar-refractivity contribution in [3.63, 3.8) is 0 Å². The van der Waals surface area contributed by atoms with Gasteiger partial charge in [-0.05, 0) is 34.2 Å². The van der Waals surface area contributed by atoms with Crippen LogP contribution in [0.3, 0.4) is 0 Å². The molecular formula is C40H47N6O8P. The Labute approximate surface area is 320 Å². The molecule has 0 saturated carbocycles. The molecule has 0 spiro atoms. The molecule has 0 bridgehead atoms. The number of aromatic nitrogens is 1. The van der Waals surface area contributed by atoms with Gasteiger partial charge in [0.05, 0.1) is 18.6 Å². The van der Waals surface area contributed by atoms with Crippen LogP contribution in [0, 0.1) is 5.41 Å². The SMILES string of the molecule is C=CCN1CC(=O)N2[C@@H](Cc3ccc(OP(=O)(O)O)cc3)C(=O)N(Cc3cccc4c(C(=O)CC(C)(C)C)cn(C)c34)C[C@@H]2N1C(=O)NCc1ccccc1. The Kier molecular flexibility index (Phi) is 11.4. The molecule has 6 rings (SSSR count). The topological polar surface area (TPSA) is 165 Å². The van der Waals surface area contributed by atoms with Crippen LogP contribution in [0.2, 0.25) is 0 Å². The number of rotatable bonds is 12. The molecule has 1 aromatic heterocycles. The van der Waals surface area contributed by atoms with Crippen LogP contribution in [0.25, 0.3) is 10.9 Å². The number of hydrogen-bond acceptors (Lipinski definition) is 7. The lowest BCUT2D eigenvalue weighted by molar-refractivity contribution is -0.189. The first kappa shape index (κ1) is 39.4. The lowest BCUT2D eigenvalue weighted by Gasteiger charge is -2.55. The van der Waals surface area contributed by atoms with E-state index in [-0.39, 0.29) is 67.9 Å². The van der Waals surface area contributed by atoms with Crippen LogP contribution in [0.4, 0.5) is 4.79 Å². The van der Waals surface area contributed by atoms with Crippen LogP contribution < -0.4 is 9.84 Å². The minimum absolute atomic E-state index is 0.000835. The smallest absolute Gasteiger partial charge is 0.404 e. The second-order valence-electron chi connectivity index (χ2n) is 15.2. The van der Waals surface area contributed by atoms with Crippen molar-refractivity contribution in [3.8, 4) is 5.75 Å². The Hall–Kier alpha value is -5.27. The molecule has 3 heterocycles. The monoisotopic (exact) mass is 770 g/mol. The van der Waals surface area contributed by atoms with Gasteiger partial charge < -0.3 is 24.2 Å². The van der Waals surface area contributed by atoms with Gasteiger partial charge in [0.25, 0.3) is 0 Å². The molecule has 55 heavy (non-hydrogen) atoms. The molecule has 3 aromatic carbocycles. The largest absolute Gasteiger partial charge is 0.524 e. The normalized spacial score (nSPS) is 18.0. The van der Waals surface area contributed by atoms with Crippen molar-refractivity contribution < 1.29 is 38.1 Å². The number of phosphoric ester groups is 1. The first-order valence-electron chi connectivity index (χ1n) is 18.0. The third kappa shape index (κ3) is 9.00. The number of amides is 4. The average Bonchev–Trinajstić information content (AvgIpc) is 3.46. The molecule has 4 aromatic rings. The minimum Gasteiger partial charge on any atom is -0.404 e. The van der Waals surface area contributed by atoms with Crippen molar-refractivity contribution in [2.24, 2.45) is 12.5 Å². The van der Waals surface area contributed by atoms with Crippen LogP contribution in [-0.4, -0.2) is 89.6 Å². The number of phosphoric acid groups is 1. The number of nitrogens with one attached hydrogen (secondary N) is 1. The fourth-order valence-electron chi connectivity index (χ4n) is 7.43. The molecule has 4 amide bonds. The van der Waals surface area contributed by atoms with Gasteiger partial charge in [-0.15, -0.1) is 6.58 Å². The third-order valence-corrected chi connectivity index (χ3v) is 10.1. The maximum absolute atomic E-state index is 14.7. The summed E-state index contributed by atoms with van der Waals surface area (Å²) >= 11 is 0. The minimum atomic E-state index is -4.79. The fourth-order valence-corrected chi connectivity index (χ4v) is 7.83. The molecule has 2 atom stereocenters. The van der Waals surface area contributed by atoms with Gasteiger partial charge in [-0.3, -0.25) is 24.2 Å². The molecule has 2 saturated heterocycles. The maximum atomic E-state index is 14.7. The lowest BCUT2D eigenvalue weighted by Crippen LogP contribution is -2.76. The Morgan fingerprint density at radius 1 is 1.00 bits per heavy atom. The molecule has 3 N–H and O–H groups in total. The van der Waals surface area contributed by atoms with Crippen molar-refractivity contribution in [1.82, 2.24) is 29.7 Å². The average molecular weight is 771 g/mol. The van der Waals surface area contributed by atoms with Crippen molar-refractivity contribution >= 4 is 42.4 Å². The van der Waals surface area contributed by atoms with Gasteiger partial charge in [-0.2, -0.15) is 0 Å². The Morgan fingerprint density at radius 3 is 2.36 bits per heavy atom. The second-order valence-corrected chi connectivity index (χ2v) is 16.4. The van der Waals surface area contributed by atoms with Crippen LogP contribution in [-0.2, 0) is 40.7 Å². The Morgan fingerprint density at radius 2 is 1.71 bits per heavy atom. The molecule has 0 unspecified atom stereocenters. The number of fused-ring (bicyclic) bond motifs is 2. The zero-order valence-electron chi connectivity index (χ0n) is 31.4. The van der Waals surface area contributed by atoms with Gasteiger partial charge in [0.1, 0.15) is 18.0 Å². The lowest BCUT2D eigenvalue weighted by atomic mass is 9.87. The summed E-state index contributed by atoms with van der Waals surface area (Å²) in [6.45, 7) is 10.3. The summed E-state index contributed by atoms with van der Waals surface area (Å²) in [7, 11) is -2.93. The summed E-state index contributed by atoms with van der Waals surface area (Å²) in [5.41, 5.74) is 3.48. The molecule has 15 heteroatoms. The zero-order valence-corrected chi connectivity index (χ0v) is 32.3. The van der Waals surface area contributed by atoms with Gasteiger partial charge in [-0.25, -0.2) is 19.4 Å². The molecular weight excluding hydrogens is 723 g/mol. The predicted molar refractivity (Wildman–Crippen MR) is 206 cm³/mol. The zero-order chi connectivity index (χ0) is 39.7. The van der Waals surface area contributed by atoms with Crippen molar-refractivity contribution in [3.05, 3.63) is 114 Å². The summed E-state index contributed by atoms with van der Waals surface area (Å²) in [6.07, 6.45) is 2.96. The number of benzene rings is 3. The standard InChI is InChI=1S/C40H47N6O8P/c1-6-19-44-26-36(48)45-33(20-27-15-17-30(18-16-27)54-55(51,52)53)38(49)43(25-35(45)46(44)39(50)41-22-28-11-8-7-9-12-28)23-29-13-10-14-31-32(24-42(5)37(29)31)34(47)21-40(2,3)4/h6-18,24,33,35H,1,19-23,25-26H2,2-5H3,(H,41,50)(H2,51,52,53)/t33-,35-/m0/s1. The first-order chi connectivity index (χ1) is 26.0. The van der Waals surface area contributed by atoms with Gasteiger partial charge in [0, 0.05) is 56.7 Å². The fraction of sp³-hybridized carbons (Fsp3) is 0.350. The predicted octanol–water partition coefficient (Wildman–Crippen LogP) is 5.01. The molecule has 2 fully saturated rings. The van der Waals surface area contributed by atoms with Crippen LogP contribution in [0.1, 0.15) is 54.2 Å². The number of nitrogens with zero attached hydrogens (tertiary/aromatic N) is 5. The number of para-hydroxylation sites is 1. The highest BCUT2D eigenvalue weighted by atomic mass is 31.2. The van der Waals surface area contributed by atoms with Crippen LogP contribution in [0.15, 0.2) is 91.6 Å². The summed E-state index contributed by atoms with van der Waals surface area (Å²) < 4.78 is 18.0. The number of aryl methyl sites for hydroxylation is 1. The number of carbonyl (C=O) groups is 4. The van der Waals surface area contributed by atoms with Gasteiger partial charge >= 0.3 is 13.9 Å². The van der Waals surface area contributed by atoms with Crippen molar-refractivity contribution in [2.45, 2.75) is 58.9 Å². The first-order valence-corrected chi connectivity index (χ1v) is 19.6. The quantitative estimate of drug-likeness (QED) is 0.102. The maximum Gasteiger partial charge on any atom is 0.524 e. The summed E-state index contributed by atoms with van der Waals surface area (Å²) in [5, 5.41) is 6.89. The van der Waals surface area contributed by atoms with E-state index >= 15 is 0 Å². The number of piperazine rings is 1. The summed E-state index contributed by atoms with van der Waals surface area (Å²) in [5.74, 6) is -0.711. The van der Waals surface area contributed by atoms with E-state index in [9.17, 15) is 33.5 Å². The van der Waals surface area contributed by atoms with Crippen LogP contribution in [0.5, 0.6) is 5.75 Å². The van der Waals surface area contributed by atoms with E-state index in [1.54, 1.807) is 28.1 Å². The van der Waals surface area contributed by atoms with Crippen molar-refractivity contribution in [2.75, 3.05) is 19.6 Å². The van der Waals surface area contributed by atoms with E-state index in [4.69, 9.17) is 4.52 Å². The summed E-state index contributed by atoms with van der Waals surface area (Å²) in [6, 6.07) is 19.6. The number of hydrogen-bond donors (Lipinski definition) is 3. The highest BCUT2D eigenvalue weighted by Gasteiger charge is 2.51. The van der Waals surface area contributed by atoms with E-state index in [1.165, 1.54) is 22.0 Å². The number of Topliss-reactive ketones (excluding diaryl/α,β-unsaturated/α-hetero) is 1. The van der Waals surface area contributed by atoms with E-state index in [1.807, 2.05) is 87.1 Å². The molecule has 2 aliphatic rings. The molecule has 14 nitrogen and oxygen atoms in total. The molecule has 2 aliphatic heterocycles. The van der Waals surface area contributed by atoms with E-state index in [0.717, 1.165) is 22.0 Å². The number of hydrazine groups is 1. The number of urea groups is 1. The van der Waals surface area contributed by atoms with E-state index < -0.39 is 26.1 Å². The van der Waals surface area contributed by atoms with E-state index in [2.05, 4.69) is 11.9 Å². The van der Waals surface area contributed by atoms with E-state index in [0.29, 0.717) is 17.5 Å². The Bertz CT molecular complexity index is 2140. The third-order valence-electron chi connectivity index (χ3n) is 9.68. The van der Waals surface area contributed by atoms with Crippen LogP contribution >= 0.6 is 7.82 Å². The summed E-state index contributed by atoms with van der Waals surface area (Å²) in [4.78, 5) is 78.0. The van der Waals surface area contributed by atoms with Gasteiger partial charge in [0.15, 0.2) is 5.78 Å². The Balaban J connectivity index is 1.38. The van der Waals surface area contributed by atoms with Crippen molar-refractivity contribution in [1.29, 1.82) is 0 Å². The van der Waals surface area contributed by atoms with Gasteiger partial charge in [-0.1, -0.05) is 87.5 Å². The second kappa shape index (κ2) is 15.8. The number of carbonyl (C=O) groups excluding carboxylic acids is 4. The molecule has 0 aliphatic carbocycles. The highest BCUT2D eigenvalue weighted by Crippen LogP contribution is 2.38. The molecule has 0 radical (unpaired) electrons. The number of ketones is 1. The highest BCUT2D eigenvalue weighted by molar-refractivity contribution is 7.46. The van der Waals surface area contributed by atoms with Gasteiger partial charge in [0.2, 0.25) is 11.8 Å². The molecule has 290 valence electrons.